The summed E-state index contributed by atoms with van der Waals surface area (Å²) in [6, 6.07) is -0.912. The fourth-order valence-corrected chi connectivity index (χ4v) is 8.96. The van der Waals surface area contributed by atoms with Gasteiger partial charge in [-0.2, -0.15) is 0 Å². The van der Waals surface area contributed by atoms with E-state index in [9.17, 15) is 19.4 Å². The van der Waals surface area contributed by atoms with E-state index in [-0.39, 0.29) is 12.5 Å². The van der Waals surface area contributed by atoms with Gasteiger partial charge in [-0.05, 0) is 70.6 Å². The second-order valence-electron chi connectivity index (χ2n) is 20.6. The number of phosphoric acid groups is 1. The third kappa shape index (κ3) is 52.1. The van der Waals surface area contributed by atoms with Gasteiger partial charge in [-0.3, -0.25) is 9.36 Å². The van der Waals surface area contributed by atoms with Crippen LogP contribution in [0.2, 0.25) is 0 Å². The highest BCUT2D eigenvalue weighted by molar-refractivity contribution is 7.45. The highest BCUT2D eigenvalue weighted by Crippen LogP contribution is 2.38. The molecular weight excluding hydrogens is 852 g/mol. The Bertz CT molecular complexity index is 1230. The van der Waals surface area contributed by atoms with Crippen molar-refractivity contribution in [3.05, 3.63) is 48.6 Å². The molecule has 1 amide bonds. The zero-order chi connectivity index (χ0) is 49.2. The maximum Gasteiger partial charge on any atom is 0.268 e. The molecular formula is C58H111N2O6P. The third-order valence-electron chi connectivity index (χ3n) is 12.7. The number of aliphatic hydroxyl groups is 1. The van der Waals surface area contributed by atoms with Gasteiger partial charge in [0.15, 0.2) is 0 Å². The van der Waals surface area contributed by atoms with Crippen LogP contribution in [0.3, 0.4) is 0 Å². The molecule has 0 aromatic carbocycles. The van der Waals surface area contributed by atoms with Crippen LogP contribution in [-0.2, 0) is 18.4 Å². The number of carbonyl (C=O) groups is 1. The number of hydrogen-bond donors (Lipinski definition) is 2. The Morgan fingerprint density at radius 1 is 0.507 bits per heavy atom. The largest absolute Gasteiger partial charge is 0.756 e. The molecule has 3 unspecified atom stereocenters. The highest BCUT2D eigenvalue weighted by Gasteiger charge is 2.23. The minimum Gasteiger partial charge on any atom is -0.756 e. The summed E-state index contributed by atoms with van der Waals surface area (Å²) in [6.07, 6.45) is 64.7. The number of aliphatic hydroxyl groups excluding tert-OH is 1. The lowest BCUT2D eigenvalue weighted by Gasteiger charge is -2.29. The Morgan fingerprint density at radius 2 is 0.836 bits per heavy atom. The lowest BCUT2D eigenvalue weighted by molar-refractivity contribution is -0.870. The average molecular weight is 964 g/mol. The van der Waals surface area contributed by atoms with Crippen molar-refractivity contribution in [3.8, 4) is 0 Å². The van der Waals surface area contributed by atoms with Crippen molar-refractivity contribution in [2.24, 2.45) is 0 Å². The number of nitrogens with one attached hydrogen (secondary N) is 1. The van der Waals surface area contributed by atoms with E-state index in [1.54, 1.807) is 6.08 Å². The molecule has 0 radical (unpaired) electrons. The summed E-state index contributed by atoms with van der Waals surface area (Å²) in [5, 5.41) is 13.8. The topological polar surface area (TPSA) is 108 Å². The van der Waals surface area contributed by atoms with Crippen molar-refractivity contribution < 1.29 is 32.9 Å². The van der Waals surface area contributed by atoms with Crippen LogP contribution in [-0.4, -0.2) is 68.5 Å². The van der Waals surface area contributed by atoms with Gasteiger partial charge < -0.3 is 28.8 Å². The van der Waals surface area contributed by atoms with Gasteiger partial charge in [-0.15, -0.1) is 0 Å². The molecule has 0 heterocycles. The van der Waals surface area contributed by atoms with Crippen LogP contribution in [0, 0.1) is 0 Å². The molecule has 0 aromatic rings. The lowest BCUT2D eigenvalue weighted by Crippen LogP contribution is -2.45. The van der Waals surface area contributed by atoms with Crippen LogP contribution in [0.25, 0.3) is 0 Å². The molecule has 0 rings (SSSR count). The highest BCUT2D eigenvalue weighted by atomic mass is 31.2. The van der Waals surface area contributed by atoms with Crippen molar-refractivity contribution in [1.82, 2.24) is 5.32 Å². The van der Waals surface area contributed by atoms with Gasteiger partial charge in [0.1, 0.15) is 13.2 Å². The van der Waals surface area contributed by atoms with Crippen molar-refractivity contribution >= 4 is 13.7 Å². The molecule has 0 saturated heterocycles. The molecule has 0 aliphatic carbocycles. The van der Waals surface area contributed by atoms with E-state index in [4.69, 9.17) is 9.05 Å². The van der Waals surface area contributed by atoms with E-state index in [0.717, 1.165) is 44.9 Å². The number of unbranched alkanes of at least 4 members (excludes halogenated alkanes) is 33. The Labute approximate surface area is 416 Å². The van der Waals surface area contributed by atoms with Gasteiger partial charge in [0.2, 0.25) is 5.91 Å². The minimum absolute atomic E-state index is 0.00977. The zero-order valence-electron chi connectivity index (χ0n) is 44.9. The lowest BCUT2D eigenvalue weighted by atomic mass is 10.0. The van der Waals surface area contributed by atoms with Crippen molar-refractivity contribution in [1.29, 1.82) is 0 Å². The van der Waals surface area contributed by atoms with Crippen LogP contribution in [0.15, 0.2) is 48.6 Å². The number of rotatable bonds is 52. The molecule has 0 spiro atoms. The number of likely N-dealkylation sites (N-methyl/N-ethyl adjacent to an activating group) is 1. The Hall–Kier alpha value is -1.54. The summed E-state index contributed by atoms with van der Waals surface area (Å²) >= 11 is 0. The summed E-state index contributed by atoms with van der Waals surface area (Å²) in [7, 11) is 1.24. The van der Waals surface area contributed by atoms with Crippen molar-refractivity contribution in [2.45, 2.75) is 276 Å². The number of quaternary nitrogens is 1. The van der Waals surface area contributed by atoms with E-state index in [0.29, 0.717) is 17.4 Å². The van der Waals surface area contributed by atoms with E-state index in [1.165, 1.54) is 199 Å². The zero-order valence-corrected chi connectivity index (χ0v) is 45.7. The molecule has 0 aliphatic rings. The number of amides is 1. The van der Waals surface area contributed by atoms with E-state index in [2.05, 4.69) is 55.6 Å². The fourth-order valence-electron chi connectivity index (χ4n) is 8.24. The van der Waals surface area contributed by atoms with Crippen LogP contribution >= 0.6 is 7.82 Å². The molecule has 0 fully saturated rings. The van der Waals surface area contributed by atoms with E-state index < -0.39 is 26.6 Å². The maximum atomic E-state index is 13.0. The molecule has 3 atom stereocenters. The summed E-state index contributed by atoms with van der Waals surface area (Å²) < 4.78 is 23.3. The second kappa shape index (κ2) is 49.4. The molecule has 2 N–H and O–H groups in total. The quantitative estimate of drug-likeness (QED) is 0.0272. The van der Waals surface area contributed by atoms with Crippen LogP contribution < -0.4 is 10.2 Å². The third-order valence-corrected chi connectivity index (χ3v) is 13.7. The Kier molecular flexibility index (Phi) is 48.3. The van der Waals surface area contributed by atoms with Gasteiger partial charge in [-0.25, -0.2) is 0 Å². The number of carbonyl (C=O) groups excluding carboxylic acids is 1. The maximum absolute atomic E-state index is 13.0. The molecule has 0 aliphatic heterocycles. The number of allylic oxidation sites excluding steroid dienone is 7. The Morgan fingerprint density at radius 3 is 1.21 bits per heavy atom. The molecule has 9 heteroatoms. The predicted molar refractivity (Wildman–Crippen MR) is 288 cm³/mol. The fraction of sp³-hybridized carbons (Fsp3) is 0.845. The average Bonchev–Trinajstić information content (AvgIpc) is 3.29. The first-order chi connectivity index (χ1) is 32.5. The second-order valence-corrected chi connectivity index (χ2v) is 22.0. The number of phosphoric ester groups is 1. The predicted octanol–water partition coefficient (Wildman–Crippen LogP) is 16.5. The van der Waals surface area contributed by atoms with Crippen LogP contribution in [0.5, 0.6) is 0 Å². The van der Waals surface area contributed by atoms with Gasteiger partial charge in [0, 0.05) is 6.42 Å². The van der Waals surface area contributed by atoms with Crippen molar-refractivity contribution in [3.63, 3.8) is 0 Å². The van der Waals surface area contributed by atoms with Gasteiger partial charge in [0.25, 0.3) is 7.82 Å². The Balaban J connectivity index is 4.28. The molecule has 0 aromatic heterocycles. The molecule has 0 bridgehead atoms. The summed E-state index contributed by atoms with van der Waals surface area (Å²) in [4.78, 5) is 25.5. The minimum atomic E-state index is -4.61. The normalized spacial score (nSPS) is 14.3. The van der Waals surface area contributed by atoms with Gasteiger partial charge in [-0.1, -0.05) is 236 Å². The number of nitrogens with zero attached hydrogens (tertiary/aromatic N) is 1. The standard InChI is InChI=1S/C58H111N2O6P/c1-6-8-10-12-14-16-18-20-22-24-26-28-29-30-31-32-34-36-38-40-42-44-46-48-50-52-58(62)59-56(55-66-67(63,64)65-54-53-60(3,4)5)57(61)51-49-47-45-43-41-39-37-35-33-27-25-23-21-19-17-15-13-11-9-7-2/h30-31,33,35,41,43,49,51,56-57,61H,6-29,32,34,36-40,42,44-48,50,52-55H2,1-5H3,(H-,59,62,63,64)/b31-30-,35-33+,43-41+,51-49+. The first kappa shape index (κ1) is 65.5. The van der Waals surface area contributed by atoms with Crippen LogP contribution in [0.1, 0.15) is 264 Å². The summed E-state index contributed by atoms with van der Waals surface area (Å²) in [5.41, 5.74) is 0. The first-order valence-electron chi connectivity index (χ1n) is 28.5. The first-order valence-corrected chi connectivity index (χ1v) is 30.0. The summed E-state index contributed by atoms with van der Waals surface area (Å²) in [6.45, 7) is 4.64. The smallest absolute Gasteiger partial charge is 0.268 e. The molecule has 0 saturated carbocycles. The number of hydrogen-bond acceptors (Lipinski definition) is 6. The molecule has 8 nitrogen and oxygen atoms in total. The summed E-state index contributed by atoms with van der Waals surface area (Å²) in [5.74, 6) is -0.212. The van der Waals surface area contributed by atoms with Crippen LogP contribution in [0.4, 0.5) is 0 Å². The van der Waals surface area contributed by atoms with E-state index >= 15 is 0 Å². The molecule has 67 heavy (non-hydrogen) atoms. The van der Waals surface area contributed by atoms with E-state index in [1.807, 2.05) is 27.2 Å². The molecule has 394 valence electrons. The monoisotopic (exact) mass is 963 g/mol. The van der Waals surface area contributed by atoms with Crippen molar-refractivity contribution in [2.75, 3.05) is 40.9 Å². The SMILES string of the molecule is CCCCCCCCCCCC/C=C/CC/C=C/CC/C=C/C(O)C(COP(=O)([O-])OCC[N+](C)(C)C)NC(=O)CCCCCCCCCCC/C=C\CCCCCCCCCCCCCC. The van der Waals surface area contributed by atoms with Gasteiger partial charge >= 0.3 is 0 Å². The van der Waals surface area contributed by atoms with Gasteiger partial charge in [0.05, 0.1) is 39.9 Å².